The molecule has 0 radical (unpaired) electrons. The Bertz CT molecular complexity index is 289. The summed E-state index contributed by atoms with van der Waals surface area (Å²) in [6.07, 6.45) is -2.34. The zero-order valence-electron chi connectivity index (χ0n) is 8.14. The maximum atomic E-state index is 12.6. The van der Waals surface area contributed by atoms with Gasteiger partial charge in [0.25, 0.3) is 6.43 Å². The summed E-state index contributed by atoms with van der Waals surface area (Å²) < 4.78 is 25.2. The fourth-order valence-corrected chi connectivity index (χ4v) is 3.03. The van der Waals surface area contributed by atoms with Crippen LogP contribution >= 0.6 is 0 Å². The molecule has 0 spiro atoms. The van der Waals surface area contributed by atoms with E-state index < -0.39 is 14.5 Å². The second-order valence-electron chi connectivity index (χ2n) is 4.14. The van der Waals surface area contributed by atoms with Crippen LogP contribution in [0, 0.1) is 0 Å². The molecule has 0 saturated carbocycles. The van der Waals surface area contributed by atoms with Crippen molar-refractivity contribution in [2.75, 3.05) is 0 Å². The largest absolute Gasteiger partial charge is 0.263 e. The smallest absolute Gasteiger partial charge is 0.205 e. The monoisotopic (exact) mass is 200 g/mol. The van der Waals surface area contributed by atoms with Crippen LogP contribution in [0.4, 0.5) is 8.78 Å². The predicted molar refractivity (Wildman–Crippen MR) is 54.4 cm³/mol. The zero-order valence-corrected chi connectivity index (χ0v) is 9.14. The first-order chi connectivity index (χ1) is 5.93. The molecular formula is C10H14F2Si. The summed E-state index contributed by atoms with van der Waals surface area (Å²) in [6, 6.07) is 6.86. The van der Waals surface area contributed by atoms with Crippen LogP contribution < -0.4 is 5.19 Å². The minimum atomic E-state index is -2.34. The van der Waals surface area contributed by atoms with Gasteiger partial charge >= 0.3 is 0 Å². The third-order valence-electron chi connectivity index (χ3n) is 2.00. The van der Waals surface area contributed by atoms with Crippen LogP contribution in [0.1, 0.15) is 12.0 Å². The molecule has 0 aromatic heterocycles. The lowest BCUT2D eigenvalue weighted by Gasteiger charge is -2.20. The maximum absolute atomic E-state index is 12.6. The molecule has 0 heterocycles. The summed E-state index contributed by atoms with van der Waals surface area (Å²) >= 11 is 0. The first-order valence-corrected chi connectivity index (χ1v) is 7.80. The van der Waals surface area contributed by atoms with Gasteiger partial charge in [-0.05, 0) is 0 Å². The van der Waals surface area contributed by atoms with Gasteiger partial charge in [0.05, 0.1) is 8.07 Å². The van der Waals surface area contributed by atoms with Gasteiger partial charge in [-0.1, -0.05) is 49.1 Å². The first-order valence-electron chi connectivity index (χ1n) is 4.30. The highest BCUT2D eigenvalue weighted by molar-refractivity contribution is 6.89. The van der Waals surface area contributed by atoms with Gasteiger partial charge in [-0.15, -0.1) is 0 Å². The van der Waals surface area contributed by atoms with Crippen LogP contribution in [0.3, 0.4) is 0 Å². The van der Waals surface area contributed by atoms with Crippen molar-refractivity contribution in [3.63, 3.8) is 0 Å². The van der Waals surface area contributed by atoms with Crippen molar-refractivity contribution in [3.05, 3.63) is 29.8 Å². The number of hydrogen-bond donors (Lipinski definition) is 0. The first kappa shape index (κ1) is 10.4. The van der Waals surface area contributed by atoms with Gasteiger partial charge in [-0.3, -0.25) is 0 Å². The Labute approximate surface area is 78.6 Å². The second-order valence-corrected chi connectivity index (χ2v) is 9.18. The van der Waals surface area contributed by atoms with E-state index in [2.05, 4.69) is 19.6 Å². The minimum Gasteiger partial charge on any atom is -0.205 e. The molecule has 0 amide bonds. The Morgan fingerprint density at radius 3 is 2.00 bits per heavy atom. The lowest BCUT2D eigenvalue weighted by Crippen LogP contribution is -2.40. The summed E-state index contributed by atoms with van der Waals surface area (Å²) in [5.74, 6) is 0. The van der Waals surface area contributed by atoms with Gasteiger partial charge in [0.15, 0.2) is 0 Å². The normalized spacial score (nSPS) is 12.2. The van der Waals surface area contributed by atoms with Crippen LogP contribution in [0.15, 0.2) is 24.3 Å². The topological polar surface area (TPSA) is 0 Å². The van der Waals surface area contributed by atoms with Crippen molar-refractivity contribution in [2.24, 2.45) is 0 Å². The van der Waals surface area contributed by atoms with Crippen molar-refractivity contribution in [3.8, 4) is 0 Å². The quantitative estimate of drug-likeness (QED) is 0.643. The minimum absolute atomic E-state index is 0.210. The lowest BCUT2D eigenvalue weighted by atomic mass is 10.2. The number of halogens is 2. The molecule has 72 valence electrons. The third-order valence-corrected chi connectivity index (χ3v) is 4.08. The van der Waals surface area contributed by atoms with Gasteiger partial charge < -0.3 is 0 Å². The lowest BCUT2D eigenvalue weighted by molar-refractivity contribution is 0.152. The van der Waals surface area contributed by atoms with Gasteiger partial charge in [0.2, 0.25) is 0 Å². The second kappa shape index (κ2) is 3.58. The molecular weight excluding hydrogens is 186 g/mol. The van der Waals surface area contributed by atoms with E-state index in [1.165, 1.54) is 6.07 Å². The Morgan fingerprint density at radius 1 is 1.08 bits per heavy atom. The van der Waals surface area contributed by atoms with Crippen LogP contribution in [-0.2, 0) is 0 Å². The Morgan fingerprint density at radius 2 is 1.62 bits per heavy atom. The van der Waals surface area contributed by atoms with E-state index in [4.69, 9.17) is 0 Å². The van der Waals surface area contributed by atoms with Crippen LogP contribution in [-0.4, -0.2) is 8.07 Å². The number of rotatable bonds is 2. The van der Waals surface area contributed by atoms with Gasteiger partial charge in [0, 0.05) is 5.56 Å². The molecule has 0 aliphatic rings. The molecule has 13 heavy (non-hydrogen) atoms. The highest BCUT2D eigenvalue weighted by Crippen LogP contribution is 2.19. The SMILES string of the molecule is C[Si](C)(C)c1ccccc1C(F)F. The van der Waals surface area contributed by atoms with Gasteiger partial charge in [0.1, 0.15) is 0 Å². The van der Waals surface area contributed by atoms with E-state index in [-0.39, 0.29) is 5.56 Å². The summed E-state index contributed by atoms with van der Waals surface area (Å²) in [5.41, 5.74) is 0.210. The molecule has 1 aromatic rings. The molecule has 0 saturated heterocycles. The van der Waals surface area contributed by atoms with E-state index in [0.29, 0.717) is 0 Å². The van der Waals surface area contributed by atoms with Crippen LogP contribution in [0.2, 0.25) is 19.6 Å². The molecule has 0 aliphatic heterocycles. The van der Waals surface area contributed by atoms with E-state index in [9.17, 15) is 8.78 Å². The van der Waals surface area contributed by atoms with Crippen LogP contribution in [0.5, 0.6) is 0 Å². The van der Waals surface area contributed by atoms with Crippen molar-refractivity contribution in [2.45, 2.75) is 26.1 Å². The maximum Gasteiger partial charge on any atom is 0.263 e. The molecule has 0 bridgehead atoms. The highest BCUT2D eigenvalue weighted by atomic mass is 28.3. The molecule has 0 atom stereocenters. The fraction of sp³-hybridized carbons (Fsp3) is 0.400. The van der Waals surface area contributed by atoms with Crippen molar-refractivity contribution >= 4 is 13.3 Å². The molecule has 0 unspecified atom stereocenters. The summed E-state index contributed by atoms with van der Waals surface area (Å²) in [7, 11) is -1.62. The summed E-state index contributed by atoms with van der Waals surface area (Å²) in [6.45, 7) is 6.23. The van der Waals surface area contributed by atoms with Crippen molar-refractivity contribution in [1.29, 1.82) is 0 Å². The van der Waals surface area contributed by atoms with E-state index >= 15 is 0 Å². The summed E-state index contributed by atoms with van der Waals surface area (Å²) in [5, 5.41) is 0.866. The number of alkyl halides is 2. The van der Waals surface area contributed by atoms with Gasteiger partial charge in [-0.25, -0.2) is 8.78 Å². The predicted octanol–water partition coefficient (Wildman–Crippen LogP) is 3.17. The highest BCUT2D eigenvalue weighted by Gasteiger charge is 2.23. The van der Waals surface area contributed by atoms with Gasteiger partial charge in [-0.2, -0.15) is 0 Å². The molecule has 0 fully saturated rings. The average Bonchev–Trinajstić information content (AvgIpc) is 2.03. The van der Waals surface area contributed by atoms with Crippen molar-refractivity contribution in [1.82, 2.24) is 0 Å². The molecule has 3 heteroatoms. The third kappa shape index (κ3) is 2.37. The summed E-state index contributed by atoms with van der Waals surface area (Å²) in [4.78, 5) is 0. The molecule has 0 aliphatic carbocycles. The Hall–Kier alpha value is -0.703. The van der Waals surface area contributed by atoms with E-state index in [1.807, 2.05) is 12.1 Å². The standard InChI is InChI=1S/C10H14F2Si/c1-13(2,3)9-7-5-4-6-8(9)10(11)12/h4-7,10H,1-3H3. The van der Waals surface area contributed by atoms with Crippen LogP contribution in [0.25, 0.3) is 0 Å². The molecule has 0 nitrogen and oxygen atoms in total. The Balaban J connectivity index is 3.20. The fourth-order valence-electron chi connectivity index (χ4n) is 1.37. The molecule has 1 rings (SSSR count). The van der Waals surface area contributed by atoms with E-state index in [0.717, 1.165) is 5.19 Å². The van der Waals surface area contributed by atoms with E-state index in [1.54, 1.807) is 6.07 Å². The molecule has 1 aromatic carbocycles. The zero-order chi connectivity index (χ0) is 10.1. The average molecular weight is 200 g/mol. The number of benzene rings is 1. The molecule has 0 N–H and O–H groups in total. The number of hydrogen-bond acceptors (Lipinski definition) is 0. The van der Waals surface area contributed by atoms with Crippen molar-refractivity contribution < 1.29 is 8.78 Å². The Kier molecular flexibility index (Phi) is 2.86.